The van der Waals surface area contributed by atoms with Crippen LogP contribution in [-0.4, -0.2) is 69.1 Å². The van der Waals surface area contributed by atoms with Gasteiger partial charge in [0.25, 0.3) is 15.9 Å². The molecule has 2 N–H and O–H groups in total. The largest absolute Gasteiger partial charge is 0.511 e. The maximum Gasteiger partial charge on any atom is 0.428 e. The monoisotopic (exact) mass is 606 g/mol. The number of nitrogens with one attached hydrogen (secondary N) is 1. The number of carbonyl (C=O) groups excluding carboxylic acids is 2. The van der Waals surface area contributed by atoms with E-state index in [0.717, 1.165) is 57.3 Å². The fourth-order valence-corrected chi connectivity index (χ4v) is 9.42. The van der Waals surface area contributed by atoms with Gasteiger partial charge in [-0.05, 0) is 76.0 Å². The Morgan fingerprint density at radius 2 is 1.85 bits per heavy atom. The van der Waals surface area contributed by atoms with Crippen molar-refractivity contribution in [2.45, 2.75) is 81.9 Å². The molecular formula is C27H34N4O8S2. The number of carbonyl (C=O) groups is 2. The van der Waals surface area contributed by atoms with Crippen molar-refractivity contribution >= 4 is 49.3 Å². The second-order valence-electron chi connectivity index (χ2n) is 11.9. The fourth-order valence-electron chi connectivity index (χ4n) is 7.47. The first-order chi connectivity index (χ1) is 19.3. The van der Waals surface area contributed by atoms with Gasteiger partial charge in [0.15, 0.2) is 5.84 Å². The highest BCUT2D eigenvalue weighted by Gasteiger charge is 2.58. The van der Waals surface area contributed by atoms with Gasteiger partial charge in [0, 0.05) is 18.0 Å². The van der Waals surface area contributed by atoms with E-state index in [1.54, 1.807) is 13.8 Å². The van der Waals surface area contributed by atoms with E-state index in [4.69, 9.17) is 4.74 Å². The summed E-state index contributed by atoms with van der Waals surface area (Å²) in [7, 11) is -8.65. The number of ether oxygens (including phenoxy) is 1. The number of aliphatic hydroxyl groups excluding tert-OH is 1. The normalized spacial score (nSPS) is 28.8. The molecule has 0 saturated heterocycles. The number of sulfonamides is 2. The summed E-state index contributed by atoms with van der Waals surface area (Å²) in [6, 6.07) is 3.55. The molecule has 3 aliphatic carbocycles. The molecular weight excluding hydrogens is 572 g/mol. The Morgan fingerprint density at radius 1 is 1.17 bits per heavy atom. The Kier molecular flexibility index (Phi) is 6.64. The Bertz CT molecular complexity index is 1590. The first-order valence-electron chi connectivity index (χ1n) is 14.0. The predicted molar refractivity (Wildman–Crippen MR) is 150 cm³/mol. The van der Waals surface area contributed by atoms with Crippen LogP contribution < -0.4 is 9.62 Å². The second-order valence-corrected chi connectivity index (χ2v) is 15.3. The van der Waals surface area contributed by atoms with E-state index in [1.165, 1.54) is 12.1 Å². The van der Waals surface area contributed by atoms with Gasteiger partial charge in [-0.25, -0.2) is 13.2 Å². The van der Waals surface area contributed by atoms with Gasteiger partial charge in [-0.2, -0.15) is 12.7 Å². The number of amides is 2. The highest BCUT2D eigenvalue weighted by molar-refractivity contribution is 7.92. The molecule has 3 fully saturated rings. The summed E-state index contributed by atoms with van der Waals surface area (Å²) in [5.41, 5.74) is -0.323. The van der Waals surface area contributed by atoms with Crippen LogP contribution >= 0.6 is 0 Å². The van der Waals surface area contributed by atoms with E-state index in [2.05, 4.69) is 9.71 Å². The van der Waals surface area contributed by atoms with E-state index >= 15 is 0 Å². The SMILES string of the molecule is CC(C)OC(=O)N(c1ccc2c(c1)S(=O)(=O)N=C(C1=C(O)C3C([C@H]4CC[C@@H]3C4)N(C3CCCC3)C1=O)N2)S(C)(=O)=O. The molecule has 1 aromatic rings. The highest BCUT2D eigenvalue weighted by atomic mass is 32.2. The average Bonchev–Trinajstić information content (AvgIpc) is 3.62. The van der Waals surface area contributed by atoms with Crippen LogP contribution in [0.5, 0.6) is 0 Å². The third-order valence-electron chi connectivity index (χ3n) is 8.95. The molecule has 2 unspecified atom stereocenters. The molecule has 12 nitrogen and oxygen atoms in total. The maximum atomic E-state index is 14.0. The summed E-state index contributed by atoms with van der Waals surface area (Å²) in [5, 5.41) is 14.4. The molecule has 2 heterocycles. The summed E-state index contributed by atoms with van der Waals surface area (Å²) in [6.07, 6.45) is 5.70. The molecule has 0 aromatic heterocycles. The zero-order valence-corrected chi connectivity index (χ0v) is 24.7. The van der Waals surface area contributed by atoms with E-state index in [1.807, 2.05) is 4.90 Å². The van der Waals surface area contributed by atoms with Gasteiger partial charge >= 0.3 is 6.09 Å². The minimum Gasteiger partial charge on any atom is -0.511 e. The van der Waals surface area contributed by atoms with Crippen LogP contribution in [0.25, 0.3) is 0 Å². The summed E-state index contributed by atoms with van der Waals surface area (Å²) in [5.74, 6) is -0.487. The molecule has 2 bridgehead atoms. The van der Waals surface area contributed by atoms with Gasteiger partial charge < -0.3 is 20.1 Å². The molecule has 3 saturated carbocycles. The first kappa shape index (κ1) is 28.0. The van der Waals surface area contributed by atoms with Gasteiger partial charge in [-0.1, -0.05) is 12.8 Å². The van der Waals surface area contributed by atoms with Crippen molar-refractivity contribution in [1.82, 2.24) is 4.90 Å². The van der Waals surface area contributed by atoms with Crippen LogP contribution in [0.15, 0.2) is 38.8 Å². The van der Waals surface area contributed by atoms with Gasteiger partial charge in [-0.15, -0.1) is 4.40 Å². The van der Waals surface area contributed by atoms with Crippen LogP contribution in [-0.2, 0) is 29.6 Å². The van der Waals surface area contributed by atoms with Gasteiger partial charge in [0.1, 0.15) is 16.2 Å². The van der Waals surface area contributed by atoms with Crippen LogP contribution in [0.1, 0.15) is 58.8 Å². The second kappa shape index (κ2) is 9.72. The third kappa shape index (κ3) is 4.59. The number of anilines is 2. The number of nitrogens with zero attached hydrogens (tertiary/aromatic N) is 3. The molecule has 41 heavy (non-hydrogen) atoms. The van der Waals surface area contributed by atoms with Gasteiger partial charge in [-0.3, -0.25) is 4.79 Å². The smallest absolute Gasteiger partial charge is 0.428 e. The van der Waals surface area contributed by atoms with E-state index < -0.39 is 38.2 Å². The van der Waals surface area contributed by atoms with E-state index in [9.17, 15) is 31.5 Å². The van der Waals surface area contributed by atoms with Crippen molar-refractivity contribution in [3.63, 3.8) is 0 Å². The third-order valence-corrected chi connectivity index (χ3v) is 11.3. The lowest BCUT2D eigenvalue weighted by atomic mass is 9.77. The molecule has 1 aromatic carbocycles. The molecule has 4 atom stereocenters. The number of aliphatic hydroxyl groups is 1. The van der Waals surface area contributed by atoms with Crippen molar-refractivity contribution in [2.75, 3.05) is 15.9 Å². The lowest BCUT2D eigenvalue weighted by molar-refractivity contribution is -0.136. The van der Waals surface area contributed by atoms with E-state index in [0.29, 0.717) is 10.2 Å². The minimum atomic E-state index is -4.47. The number of fused-ring (bicyclic) bond motifs is 6. The van der Waals surface area contributed by atoms with Crippen LogP contribution in [0.4, 0.5) is 16.2 Å². The van der Waals surface area contributed by atoms with E-state index in [-0.39, 0.29) is 57.4 Å². The zero-order valence-electron chi connectivity index (χ0n) is 23.1. The Morgan fingerprint density at radius 3 is 2.51 bits per heavy atom. The quantitative estimate of drug-likeness (QED) is 0.511. The maximum absolute atomic E-state index is 14.0. The molecule has 2 aliphatic heterocycles. The highest BCUT2D eigenvalue weighted by Crippen LogP contribution is 2.56. The first-order valence-corrected chi connectivity index (χ1v) is 17.3. The van der Waals surface area contributed by atoms with Crippen molar-refractivity contribution in [3.8, 4) is 0 Å². The minimum absolute atomic E-state index is 0.0417. The number of benzene rings is 1. The predicted octanol–water partition coefficient (Wildman–Crippen LogP) is 3.52. The summed E-state index contributed by atoms with van der Waals surface area (Å²) < 4.78 is 61.2. The number of hydrogen-bond acceptors (Lipinski definition) is 9. The Labute approximate surface area is 239 Å². The standard InChI is InChI=1S/C27H34N4O8S2/c1-14(2)39-27(34)31(40(3,35)36)18-10-11-19-20(13-18)41(37,38)29-25(28-19)22-24(32)21-15-8-9-16(12-15)23(21)30(26(22)33)17-6-4-5-7-17/h10-11,13-17,21,23,32H,4-9,12H2,1-3H3,(H,28,29)/t15-,16+,21?,23?/m1/s1. The summed E-state index contributed by atoms with van der Waals surface area (Å²) in [6.45, 7) is 3.11. The van der Waals surface area contributed by atoms with Crippen LogP contribution in [0.2, 0.25) is 0 Å². The summed E-state index contributed by atoms with van der Waals surface area (Å²) >= 11 is 0. The molecule has 2 amide bonds. The van der Waals surface area contributed by atoms with Crippen molar-refractivity contribution in [1.29, 1.82) is 0 Å². The fraction of sp³-hybridized carbons (Fsp3) is 0.593. The molecule has 14 heteroatoms. The van der Waals surface area contributed by atoms with Crippen LogP contribution in [0.3, 0.4) is 0 Å². The molecule has 0 spiro atoms. The lowest BCUT2D eigenvalue weighted by Gasteiger charge is -2.46. The molecule has 6 rings (SSSR count). The topological polar surface area (TPSA) is 163 Å². The molecule has 222 valence electrons. The molecule has 5 aliphatic rings. The lowest BCUT2D eigenvalue weighted by Crippen LogP contribution is -2.57. The van der Waals surface area contributed by atoms with Gasteiger partial charge in [0.2, 0.25) is 10.0 Å². The van der Waals surface area contributed by atoms with Crippen molar-refractivity contribution < 1.29 is 36.3 Å². The summed E-state index contributed by atoms with van der Waals surface area (Å²) in [4.78, 5) is 28.2. The zero-order chi connectivity index (χ0) is 29.4. The Hall–Kier alpha value is -3.13. The number of rotatable bonds is 5. The van der Waals surface area contributed by atoms with Gasteiger partial charge in [0.05, 0.1) is 23.7 Å². The van der Waals surface area contributed by atoms with Crippen molar-refractivity contribution in [3.05, 3.63) is 29.5 Å². The molecule has 0 radical (unpaired) electrons. The Balaban J connectivity index is 1.40. The van der Waals surface area contributed by atoms with Crippen LogP contribution in [0, 0.1) is 17.8 Å². The number of amidine groups is 1. The number of hydrogen-bond donors (Lipinski definition) is 2. The van der Waals surface area contributed by atoms with Crippen molar-refractivity contribution in [2.24, 2.45) is 22.2 Å². The average molecular weight is 607 g/mol.